The Morgan fingerprint density at radius 1 is 1.37 bits per heavy atom. The molecule has 1 aliphatic rings. The zero-order valence-corrected chi connectivity index (χ0v) is 12.3. The third-order valence-electron chi connectivity index (χ3n) is 3.73. The molecule has 0 aromatic carbocycles. The Kier molecular flexibility index (Phi) is 5.70. The molecule has 1 aromatic heterocycles. The van der Waals surface area contributed by atoms with Crippen LogP contribution in [-0.4, -0.2) is 28.8 Å². The molecule has 2 rings (SSSR count). The average Bonchev–Trinajstić information content (AvgIpc) is 2.76. The Labute approximate surface area is 116 Å². The maximum absolute atomic E-state index is 5.40. The standard InChI is InChI=1S/C15H27N3O/c1-3-19-11-7-10-18-12-13(2)16-15(18)17-14-8-5-4-6-9-14/h12,14H,3-11H2,1-2H3,(H,16,17). The molecule has 0 atom stereocenters. The second-order valence-corrected chi connectivity index (χ2v) is 5.43. The quantitative estimate of drug-likeness (QED) is 0.768. The summed E-state index contributed by atoms with van der Waals surface area (Å²) in [5, 5.41) is 3.62. The zero-order chi connectivity index (χ0) is 13.5. The van der Waals surface area contributed by atoms with Crippen LogP contribution in [0.3, 0.4) is 0 Å². The van der Waals surface area contributed by atoms with E-state index < -0.39 is 0 Å². The molecular weight excluding hydrogens is 238 g/mol. The van der Waals surface area contributed by atoms with E-state index in [-0.39, 0.29) is 0 Å². The van der Waals surface area contributed by atoms with E-state index in [4.69, 9.17) is 4.74 Å². The highest BCUT2D eigenvalue weighted by atomic mass is 16.5. The topological polar surface area (TPSA) is 39.1 Å². The van der Waals surface area contributed by atoms with E-state index in [0.29, 0.717) is 6.04 Å². The predicted octanol–water partition coefficient (Wildman–Crippen LogP) is 3.36. The third-order valence-corrected chi connectivity index (χ3v) is 3.73. The van der Waals surface area contributed by atoms with Gasteiger partial charge in [-0.2, -0.15) is 0 Å². The fraction of sp³-hybridized carbons (Fsp3) is 0.800. The largest absolute Gasteiger partial charge is 0.382 e. The molecule has 0 spiro atoms. The molecule has 1 aliphatic carbocycles. The second-order valence-electron chi connectivity index (χ2n) is 5.43. The maximum atomic E-state index is 5.40. The molecule has 1 saturated carbocycles. The van der Waals surface area contributed by atoms with Crippen LogP contribution in [0.15, 0.2) is 6.20 Å². The van der Waals surface area contributed by atoms with Gasteiger partial charge in [-0.1, -0.05) is 19.3 Å². The number of rotatable bonds is 7. The monoisotopic (exact) mass is 265 g/mol. The van der Waals surface area contributed by atoms with Crippen LogP contribution in [0, 0.1) is 6.92 Å². The van der Waals surface area contributed by atoms with Gasteiger partial charge in [0.1, 0.15) is 0 Å². The highest BCUT2D eigenvalue weighted by Gasteiger charge is 2.15. The summed E-state index contributed by atoms with van der Waals surface area (Å²) in [6, 6.07) is 0.612. The van der Waals surface area contributed by atoms with Crippen molar-refractivity contribution in [3.05, 3.63) is 11.9 Å². The molecule has 1 fully saturated rings. The molecule has 1 aromatic rings. The number of hydrogen-bond acceptors (Lipinski definition) is 3. The Morgan fingerprint density at radius 2 is 2.16 bits per heavy atom. The van der Waals surface area contributed by atoms with E-state index in [9.17, 15) is 0 Å². The second kappa shape index (κ2) is 7.53. The van der Waals surface area contributed by atoms with Gasteiger partial charge in [-0.15, -0.1) is 0 Å². The molecule has 108 valence electrons. The number of anilines is 1. The van der Waals surface area contributed by atoms with Crippen LogP contribution in [-0.2, 0) is 11.3 Å². The van der Waals surface area contributed by atoms with Crippen molar-refractivity contribution in [1.29, 1.82) is 0 Å². The van der Waals surface area contributed by atoms with Crippen LogP contribution in [0.25, 0.3) is 0 Å². The van der Waals surface area contributed by atoms with Crippen LogP contribution < -0.4 is 5.32 Å². The minimum atomic E-state index is 0.612. The smallest absolute Gasteiger partial charge is 0.203 e. The van der Waals surface area contributed by atoms with Crippen LogP contribution in [0.1, 0.15) is 51.1 Å². The lowest BCUT2D eigenvalue weighted by molar-refractivity contribution is 0.142. The Morgan fingerprint density at radius 3 is 2.89 bits per heavy atom. The van der Waals surface area contributed by atoms with Gasteiger partial charge in [0.2, 0.25) is 5.95 Å². The summed E-state index contributed by atoms with van der Waals surface area (Å²) in [7, 11) is 0. The lowest BCUT2D eigenvalue weighted by Gasteiger charge is -2.23. The van der Waals surface area contributed by atoms with Gasteiger partial charge in [0.25, 0.3) is 0 Å². The molecule has 0 aliphatic heterocycles. The van der Waals surface area contributed by atoms with Crippen molar-refractivity contribution in [3.8, 4) is 0 Å². The molecule has 0 unspecified atom stereocenters. The van der Waals surface area contributed by atoms with Crippen molar-refractivity contribution in [2.24, 2.45) is 0 Å². The van der Waals surface area contributed by atoms with E-state index in [1.54, 1.807) is 0 Å². The number of nitrogens with one attached hydrogen (secondary N) is 1. The van der Waals surface area contributed by atoms with Crippen LogP contribution in [0.4, 0.5) is 5.95 Å². The van der Waals surface area contributed by atoms with Crippen molar-refractivity contribution in [2.75, 3.05) is 18.5 Å². The Balaban J connectivity index is 1.87. The van der Waals surface area contributed by atoms with Gasteiger partial charge in [-0.3, -0.25) is 0 Å². The van der Waals surface area contributed by atoms with Crippen LogP contribution >= 0.6 is 0 Å². The highest BCUT2D eigenvalue weighted by Crippen LogP contribution is 2.21. The normalized spacial score (nSPS) is 16.7. The molecule has 4 nitrogen and oxygen atoms in total. The van der Waals surface area contributed by atoms with Gasteiger partial charge in [0, 0.05) is 32.0 Å². The molecule has 4 heteroatoms. The number of aromatic nitrogens is 2. The summed E-state index contributed by atoms with van der Waals surface area (Å²) < 4.78 is 7.64. The summed E-state index contributed by atoms with van der Waals surface area (Å²) in [5.41, 5.74) is 1.09. The van der Waals surface area contributed by atoms with Gasteiger partial charge in [0.15, 0.2) is 0 Å². The summed E-state index contributed by atoms with van der Waals surface area (Å²) in [6.07, 6.45) is 9.83. The summed E-state index contributed by atoms with van der Waals surface area (Å²) >= 11 is 0. The molecule has 0 amide bonds. The van der Waals surface area contributed by atoms with Crippen molar-refractivity contribution in [3.63, 3.8) is 0 Å². The number of imidazole rings is 1. The van der Waals surface area contributed by atoms with Gasteiger partial charge in [0.05, 0.1) is 5.69 Å². The molecule has 0 radical (unpaired) electrons. The molecule has 0 saturated heterocycles. The Hall–Kier alpha value is -1.03. The number of nitrogens with zero attached hydrogens (tertiary/aromatic N) is 2. The zero-order valence-electron chi connectivity index (χ0n) is 12.3. The molecule has 19 heavy (non-hydrogen) atoms. The average molecular weight is 265 g/mol. The lowest BCUT2D eigenvalue weighted by atomic mass is 9.96. The van der Waals surface area contributed by atoms with Crippen molar-refractivity contribution >= 4 is 5.95 Å². The molecule has 1 heterocycles. The SMILES string of the molecule is CCOCCCn1cc(C)nc1NC1CCCCC1. The third kappa shape index (κ3) is 4.53. The number of hydrogen-bond donors (Lipinski definition) is 1. The van der Waals surface area contributed by atoms with Gasteiger partial charge >= 0.3 is 0 Å². The van der Waals surface area contributed by atoms with E-state index in [1.807, 2.05) is 6.92 Å². The summed E-state index contributed by atoms with van der Waals surface area (Å²) in [6.45, 7) is 6.71. The lowest BCUT2D eigenvalue weighted by Crippen LogP contribution is -2.24. The molecular formula is C15H27N3O. The highest BCUT2D eigenvalue weighted by molar-refractivity contribution is 5.30. The van der Waals surface area contributed by atoms with Crippen LogP contribution in [0.5, 0.6) is 0 Å². The first kappa shape index (κ1) is 14.4. The van der Waals surface area contributed by atoms with Crippen LogP contribution in [0.2, 0.25) is 0 Å². The minimum absolute atomic E-state index is 0.612. The fourth-order valence-electron chi connectivity index (χ4n) is 2.74. The first-order chi connectivity index (χ1) is 9.29. The van der Waals surface area contributed by atoms with Gasteiger partial charge in [-0.05, 0) is 33.1 Å². The van der Waals surface area contributed by atoms with Crippen molar-refractivity contribution < 1.29 is 4.74 Å². The van der Waals surface area contributed by atoms with Crippen molar-refractivity contribution in [1.82, 2.24) is 9.55 Å². The molecule has 0 bridgehead atoms. The van der Waals surface area contributed by atoms with Crippen molar-refractivity contribution in [2.45, 2.75) is 65.0 Å². The van der Waals surface area contributed by atoms with E-state index in [1.165, 1.54) is 32.1 Å². The van der Waals surface area contributed by atoms with Gasteiger partial charge < -0.3 is 14.6 Å². The van der Waals surface area contributed by atoms with E-state index in [2.05, 4.69) is 28.0 Å². The van der Waals surface area contributed by atoms with E-state index >= 15 is 0 Å². The fourth-order valence-corrected chi connectivity index (χ4v) is 2.74. The van der Waals surface area contributed by atoms with Gasteiger partial charge in [-0.25, -0.2) is 4.98 Å². The molecule has 1 N–H and O–H groups in total. The Bertz CT molecular complexity index is 369. The predicted molar refractivity (Wildman–Crippen MR) is 78.6 cm³/mol. The maximum Gasteiger partial charge on any atom is 0.203 e. The first-order valence-corrected chi connectivity index (χ1v) is 7.67. The first-order valence-electron chi connectivity index (χ1n) is 7.67. The summed E-state index contributed by atoms with van der Waals surface area (Å²) in [4.78, 5) is 4.61. The van der Waals surface area contributed by atoms with E-state index in [0.717, 1.165) is 37.8 Å². The number of aryl methyl sites for hydroxylation is 2. The number of ether oxygens (including phenoxy) is 1. The summed E-state index contributed by atoms with van der Waals surface area (Å²) in [5.74, 6) is 1.04. The minimum Gasteiger partial charge on any atom is -0.382 e.